The van der Waals surface area contributed by atoms with Crippen molar-refractivity contribution in [3.63, 3.8) is 0 Å². The van der Waals surface area contributed by atoms with Gasteiger partial charge in [-0.15, -0.1) is 0 Å². The second kappa shape index (κ2) is 8.87. The first-order valence-electron chi connectivity index (χ1n) is 11.3. The van der Waals surface area contributed by atoms with E-state index in [1.54, 1.807) is 25.2 Å². The van der Waals surface area contributed by atoms with Crippen LogP contribution >= 0.6 is 11.6 Å². The summed E-state index contributed by atoms with van der Waals surface area (Å²) < 4.78 is 15.0. The van der Waals surface area contributed by atoms with Crippen LogP contribution in [0, 0.1) is 5.82 Å². The summed E-state index contributed by atoms with van der Waals surface area (Å²) in [6, 6.07) is 4.35. The number of anilines is 2. The highest BCUT2D eigenvalue weighted by Gasteiger charge is 2.51. The molecule has 11 heteroatoms. The second-order valence-corrected chi connectivity index (χ2v) is 9.35. The van der Waals surface area contributed by atoms with E-state index in [2.05, 4.69) is 20.6 Å². The molecular formula is C25H22ClFN6O3. The predicted octanol–water partition coefficient (Wildman–Crippen LogP) is 4.03. The van der Waals surface area contributed by atoms with Crippen LogP contribution in [0.15, 0.2) is 48.4 Å². The second-order valence-electron chi connectivity index (χ2n) is 8.94. The van der Waals surface area contributed by atoms with Gasteiger partial charge in [0.25, 0.3) is 5.91 Å². The fraction of sp³-hybridized carbons (Fsp3) is 0.240. The van der Waals surface area contributed by atoms with Gasteiger partial charge >= 0.3 is 6.03 Å². The van der Waals surface area contributed by atoms with E-state index in [1.165, 1.54) is 29.6 Å². The molecule has 1 spiro atoms. The van der Waals surface area contributed by atoms with Crippen LogP contribution in [0.4, 0.5) is 20.7 Å². The van der Waals surface area contributed by atoms with Crippen molar-refractivity contribution in [3.8, 4) is 11.1 Å². The van der Waals surface area contributed by atoms with Gasteiger partial charge < -0.3 is 16.0 Å². The summed E-state index contributed by atoms with van der Waals surface area (Å²) >= 11 is 6.23. The van der Waals surface area contributed by atoms with Crippen molar-refractivity contribution in [1.82, 2.24) is 20.2 Å². The van der Waals surface area contributed by atoms with E-state index in [1.807, 2.05) is 0 Å². The number of carbonyl (C=O) groups is 3. The smallest absolute Gasteiger partial charge is 0.324 e. The van der Waals surface area contributed by atoms with Gasteiger partial charge in [-0.3, -0.25) is 19.9 Å². The number of aromatic nitrogens is 2. The normalized spacial score (nSPS) is 19.6. The van der Waals surface area contributed by atoms with Gasteiger partial charge in [0.15, 0.2) is 5.82 Å². The summed E-state index contributed by atoms with van der Waals surface area (Å²) in [6.07, 6.45) is 7.77. The van der Waals surface area contributed by atoms with Gasteiger partial charge in [0.05, 0.1) is 10.7 Å². The maximum Gasteiger partial charge on any atom is 0.324 e. The number of imide groups is 1. The van der Waals surface area contributed by atoms with E-state index in [9.17, 15) is 18.8 Å². The summed E-state index contributed by atoms with van der Waals surface area (Å²) in [7, 11) is 1.61. The summed E-state index contributed by atoms with van der Waals surface area (Å²) in [5.74, 6) is -1.02. The van der Waals surface area contributed by atoms with Crippen LogP contribution in [0.2, 0.25) is 5.02 Å². The summed E-state index contributed by atoms with van der Waals surface area (Å²) in [5, 5.41) is 6.38. The van der Waals surface area contributed by atoms with Crippen molar-refractivity contribution in [1.29, 1.82) is 0 Å². The van der Waals surface area contributed by atoms with E-state index in [-0.39, 0.29) is 28.9 Å². The Morgan fingerprint density at radius 1 is 1.25 bits per heavy atom. The molecule has 2 fully saturated rings. The molecule has 9 nitrogen and oxygen atoms in total. The van der Waals surface area contributed by atoms with Crippen LogP contribution in [0.25, 0.3) is 21.9 Å². The van der Waals surface area contributed by atoms with E-state index < -0.39 is 17.4 Å². The molecule has 36 heavy (non-hydrogen) atoms. The number of amides is 4. The third kappa shape index (κ3) is 3.93. The van der Waals surface area contributed by atoms with E-state index in [4.69, 9.17) is 17.3 Å². The number of benzene rings is 1. The number of nitrogens with one attached hydrogen (secondary N) is 2. The van der Waals surface area contributed by atoms with Crippen molar-refractivity contribution in [2.24, 2.45) is 0 Å². The van der Waals surface area contributed by atoms with E-state index in [0.29, 0.717) is 47.0 Å². The topological polar surface area (TPSA) is 130 Å². The van der Waals surface area contributed by atoms with Crippen molar-refractivity contribution >= 4 is 51.7 Å². The predicted molar refractivity (Wildman–Crippen MR) is 134 cm³/mol. The van der Waals surface area contributed by atoms with Crippen molar-refractivity contribution in [2.45, 2.75) is 31.2 Å². The van der Waals surface area contributed by atoms with Crippen LogP contribution in [0.5, 0.6) is 0 Å². The Hall–Kier alpha value is -4.05. The molecule has 1 aliphatic heterocycles. The molecule has 1 aromatic carbocycles. The van der Waals surface area contributed by atoms with Gasteiger partial charge in [-0.25, -0.2) is 14.2 Å². The molecule has 4 N–H and O–H groups in total. The van der Waals surface area contributed by atoms with Crippen molar-refractivity contribution in [2.75, 3.05) is 18.1 Å². The molecule has 0 bridgehead atoms. The third-order valence-electron chi connectivity index (χ3n) is 6.95. The maximum atomic E-state index is 15.0. The van der Waals surface area contributed by atoms with Crippen molar-refractivity contribution < 1.29 is 18.8 Å². The number of urea groups is 1. The zero-order valence-corrected chi connectivity index (χ0v) is 20.0. The summed E-state index contributed by atoms with van der Waals surface area (Å²) in [6.45, 7) is 0. The number of carbonyl (C=O) groups excluding carboxylic acids is 3. The Morgan fingerprint density at radius 2 is 2.00 bits per heavy atom. The number of nitrogen functional groups attached to an aromatic ring is 1. The highest BCUT2D eigenvalue weighted by Crippen LogP contribution is 2.39. The molecule has 0 unspecified atom stereocenters. The number of nitrogens with two attached hydrogens (primary N) is 1. The summed E-state index contributed by atoms with van der Waals surface area (Å²) in [4.78, 5) is 46.5. The van der Waals surface area contributed by atoms with Crippen LogP contribution in [-0.2, 0) is 9.59 Å². The number of rotatable bonds is 3. The molecule has 0 atom stereocenters. The molecule has 184 valence electrons. The van der Waals surface area contributed by atoms with Crippen LogP contribution in [-0.4, -0.2) is 45.3 Å². The molecule has 3 heterocycles. The number of hydrogen-bond acceptors (Lipinski definition) is 6. The largest absolute Gasteiger partial charge is 0.396 e. The SMILES string of the molecule is CN1C(=O)NC(=O)C12CCC(=CC(=O)Nc1cc3cc(-c4cnccc4Cl)c(F)c(N)c3cn1)CC2. The Bertz CT molecular complexity index is 1460. The maximum absolute atomic E-state index is 15.0. The Labute approximate surface area is 210 Å². The van der Waals surface area contributed by atoms with Crippen LogP contribution in [0.3, 0.4) is 0 Å². The Kier molecular flexibility index (Phi) is 5.83. The molecule has 4 amide bonds. The average Bonchev–Trinajstić information content (AvgIpc) is 3.06. The number of nitrogens with zero attached hydrogens (tertiary/aromatic N) is 3. The third-order valence-corrected chi connectivity index (χ3v) is 7.28. The van der Waals surface area contributed by atoms with Gasteiger partial charge in [-0.05, 0) is 49.3 Å². The molecule has 0 radical (unpaired) electrons. The zero-order valence-electron chi connectivity index (χ0n) is 19.3. The highest BCUT2D eigenvalue weighted by molar-refractivity contribution is 6.33. The van der Waals surface area contributed by atoms with Gasteiger partial charge in [0.2, 0.25) is 5.91 Å². The first kappa shape index (κ1) is 23.7. The lowest BCUT2D eigenvalue weighted by molar-refractivity contribution is -0.127. The number of allylic oxidation sites excluding steroid dienone is 1. The lowest BCUT2D eigenvalue weighted by Gasteiger charge is -2.36. The van der Waals surface area contributed by atoms with E-state index in [0.717, 1.165) is 5.57 Å². The minimum Gasteiger partial charge on any atom is -0.396 e. The highest BCUT2D eigenvalue weighted by atomic mass is 35.5. The molecule has 1 saturated carbocycles. The monoisotopic (exact) mass is 508 g/mol. The number of halogens is 2. The van der Waals surface area contributed by atoms with E-state index >= 15 is 0 Å². The zero-order chi connectivity index (χ0) is 25.6. The minimum absolute atomic E-state index is 0.0783. The molecule has 1 aliphatic carbocycles. The number of pyridine rings is 2. The quantitative estimate of drug-likeness (QED) is 0.278. The number of likely N-dealkylation sites (N-methyl/N-ethyl adjacent to an activating group) is 1. The first-order valence-corrected chi connectivity index (χ1v) is 11.6. The van der Waals surface area contributed by atoms with Gasteiger partial charge in [-0.1, -0.05) is 17.2 Å². The standard InChI is InChI=1S/C25H22ClFN6O3/c1-33-24(36)32-23(35)25(33)5-2-13(3-6-25)8-20(34)31-19-10-14-9-15(17-11-29-7-4-18(17)26)21(27)22(28)16(14)12-30-19/h4,7-12H,2-3,5-6,28H2,1H3,(H,30,31,34)(H,32,35,36). The van der Waals surface area contributed by atoms with Gasteiger partial charge in [-0.2, -0.15) is 0 Å². The molecular weight excluding hydrogens is 487 g/mol. The molecule has 2 aromatic heterocycles. The van der Waals surface area contributed by atoms with Gasteiger partial charge in [0, 0.05) is 48.2 Å². The van der Waals surface area contributed by atoms with Crippen LogP contribution in [0.1, 0.15) is 25.7 Å². The van der Waals surface area contributed by atoms with Crippen LogP contribution < -0.4 is 16.4 Å². The summed E-state index contributed by atoms with van der Waals surface area (Å²) in [5.41, 5.74) is 6.57. The lowest BCUT2D eigenvalue weighted by atomic mass is 9.78. The Morgan fingerprint density at radius 3 is 2.67 bits per heavy atom. The minimum atomic E-state index is -0.852. The fourth-order valence-electron chi connectivity index (χ4n) is 4.82. The van der Waals surface area contributed by atoms with Crippen molar-refractivity contribution in [3.05, 3.63) is 59.3 Å². The molecule has 2 aliphatic rings. The first-order chi connectivity index (χ1) is 17.2. The Balaban J connectivity index is 1.35. The number of fused-ring (bicyclic) bond motifs is 1. The molecule has 5 rings (SSSR count). The fourth-order valence-corrected chi connectivity index (χ4v) is 5.03. The number of hydrogen-bond donors (Lipinski definition) is 3. The van der Waals surface area contributed by atoms with Gasteiger partial charge in [0.1, 0.15) is 11.4 Å². The molecule has 3 aromatic rings. The molecule has 1 saturated heterocycles. The average molecular weight is 509 g/mol. The lowest BCUT2D eigenvalue weighted by Crippen LogP contribution is -2.49.